The quantitative estimate of drug-likeness (QED) is 0.702. The van der Waals surface area contributed by atoms with Gasteiger partial charge in [-0.15, -0.1) is 0 Å². The summed E-state index contributed by atoms with van der Waals surface area (Å²) < 4.78 is 0. The largest absolute Gasteiger partial charge is 0.390 e. The van der Waals surface area contributed by atoms with E-state index in [1.54, 1.807) is 0 Å². The molecule has 3 nitrogen and oxygen atoms in total. The summed E-state index contributed by atoms with van der Waals surface area (Å²) in [5.74, 6) is 0.602. The zero-order valence-corrected chi connectivity index (χ0v) is 10.5. The van der Waals surface area contributed by atoms with Gasteiger partial charge in [-0.25, -0.2) is 0 Å². The molecule has 0 amide bonds. The van der Waals surface area contributed by atoms with Crippen LogP contribution in [0.3, 0.4) is 0 Å². The SMILES string of the molecule is CC(C)CN(CCC#N)CCC(C)(C)O. The van der Waals surface area contributed by atoms with Gasteiger partial charge in [0.2, 0.25) is 0 Å². The zero-order valence-electron chi connectivity index (χ0n) is 10.5. The average Bonchev–Trinajstić information content (AvgIpc) is 2.07. The van der Waals surface area contributed by atoms with Crippen LogP contribution >= 0.6 is 0 Å². The molecule has 0 saturated heterocycles. The summed E-state index contributed by atoms with van der Waals surface area (Å²) in [7, 11) is 0. The molecule has 0 aliphatic carbocycles. The Hall–Kier alpha value is -0.590. The Labute approximate surface area is 93.7 Å². The lowest BCUT2D eigenvalue weighted by atomic mass is 10.0. The Bertz CT molecular complexity index is 201. The Morgan fingerprint density at radius 1 is 1.33 bits per heavy atom. The number of aliphatic hydroxyl groups is 1. The molecule has 0 aromatic rings. The standard InChI is InChI=1S/C12H24N2O/c1-11(2)10-14(8-5-7-13)9-6-12(3,4)15/h11,15H,5-6,8-10H2,1-4H3. The van der Waals surface area contributed by atoms with Gasteiger partial charge in [0.1, 0.15) is 0 Å². The van der Waals surface area contributed by atoms with E-state index in [9.17, 15) is 5.11 Å². The molecule has 0 spiro atoms. The molecule has 0 aromatic heterocycles. The van der Waals surface area contributed by atoms with Gasteiger partial charge in [-0.2, -0.15) is 5.26 Å². The molecule has 1 N–H and O–H groups in total. The van der Waals surface area contributed by atoms with Crippen molar-refractivity contribution < 1.29 is 5.11 Å². The second-order valence-corrected chi connectivity index (χ2v) is 5.17. The van der Waals surface area contributed by atoms with Crippen molar-refractivity contribution in [3.05, 3.63) is 0 Å². The lowest BCUT2D eigenvalue weighted by Gasteiger charge is -2.26. The van der Waals surface area contributed by atoms with Crippen LogP contribution in [-0.4, -0.2) is 35.2 Å². The van der Waals surface area contributed by atoms with Crippen molar-refractivity contribution in [1.29, 1.82) is 5.26 Å². The van der Waals surface area contributed by atoms with Crippen molar-refractivity contribution in [3.8, 4) is 6.07 Å². The van der Waals surface area contributed by atoms with Crippen LogP contribution in [0.4, 0.5) is 0 Å². The van der Waals surface area contributed by atoms with Crippen LogP contribution in [0, 0.1) is 17.2 Å². The maximum Gasteiger partial charge on any atom is 0.0635 e. The molecule has 0 radical (unpaired) electrons. The summed E-state index contributed by atoms with van der Waals surface area (Å²) in [5, 5.41) is 18.2. The van der Waals surface area contributed by atoms with Gasteiger partial charge >= 0.3 is 0 Å². The summed E-state index contributed by atoms with van der Waals surface area (Å²) in [6.45, 7) is 10.7. The van der Waals surface area contributed by atoms with E-state index in [-0.39, 0.29) is 0 Å². The summed E-state index contributed by atoms with van der Waals surface area (Å²) in [5.41, 5.74) is -0.609. The highest BCUT2D eigenvalue weighted by atomic mass is 16.3. The van der Waals surface area contributed by atoms with Crippen molar-refractivity contribution in [2.24, 2.45) is 5.92 Å². The van der Waals surface area contributed by atoms with Gasteiger partial charge in [0.15, 0.2) is 0 Å². The molecule has 3 heteroatoms. The van der Waals surface area contributed by atoms with E-state index in [0.29, 0.717) is 12.3 Å². The maximum atomic E-state index is 9.63. The fraction of sp³-hybridized carbons (Fsp3) is 0.917. The molecular formula is C12H24N2O. The molecule has 0 aliphatic heterocycles. The monoisotopic (exact) mass is 212 g/mol. The topological polar surface area (TPSA) is 47.3 Å². The molecule has 0 aliphatic rings. The van der Waals surface area contributed by atoms with Crippen LogP contribution in [0.25, 0.3) is 0 Å². The van der Waals surface area contributed by atoms with Crippen molar-refractivity contribution in [2.45, 2.75) is 46.1 Å². The third-order valence-corrected chi connectivity index (χ3v) is 2.20. The number of hydrogen-bond donors (Lipinski definition) is 1. The molecular weight excluding hydrogens is 188 g/mol. The first-order valence-corrected chi connectivity index (χ1v) is 5.67. The normalized spacial score (nSPS) is 12.1. The predicted molar refractivity (Wildman–Crippen MR) is 62.4 cm³/mol. The average molecular weight is 212 g/mol. The molecule has 88 valence electrons. The third kappa shape index (κ3) is 9.71. The highest BCUT2D eigenvalue weighted by Gasteiger charge is 2.15. The lowest BCUT2D eigenvalue weighted by Crippen LogP contribution is -2.34. The van der Waals surface area contributed by atoms with Crippen molar-refractivity contribution in [3.63, 3.8) is 0 Å². The van der Waals surface area contributed by atoms with E-state index in [0.717, 1.165) is 26.1 Å². The molecule has 0 rings (SSSR count). The Kier molecular flexibility index (Phi) is 6.55. The van der Waals surface area contributed by atoms with Crippen LogP contribution < -0.4 is 0 Å². The number of nitrogens with zero attached hydrogens (tertiary/aromatic N) is 2. The van der Waals surface area contributed by atoms with Gasteiger partial charge < -0.3 is 10.0 Å². The number of hydrogen-bond acceptors (Lipinski definition) is 3. The van der Waals surface area contributed by atoms with Crippen LogP contribution in [0.1, 0.15) is 40.5 Å². The summed E-state index contributed by atoms with van der Waals surface area (Å²) >= 11 is 0. The molecule has 0 bridgehead atoms. The summed E-state index contributed by atoms with van der Waals surface area (Å²) in [6.07, 6.45) is 1.32. The van der Waals surface area contributed by atoms with Gasteiger partial charge in [-0.1, -0.05) is 13.8 Å². The molecule has 0 heterocycles. The van der Waals surface area contributed by atoms with E-state index >= 15 is 0 Å². The lowest BCUT2D eigenvalue weighted by molar-refractivity contribution is 0.0563. The highest BCUT2D eigenvalue weighted by molar-refractivity contribution is 4.75. The van der Waals surface area contributed by atoms with Crippen molar-refractivity contribution >= 4 is 0 Å². The fourth-order valence-electron chi connectivity index (χ4n) is 1.45. The van der Waals surface area contributed by atoms with Crippen LogP contribution in [-0.2, 0) is 0 Å². The van der Waals surface area contributed by atoms with E-state index in [1.165, 1.54) is 0 Å². The molecule has 0 saturated carbocycles. The van der Waals surface area contributed by atoms with E-state index in [1.807, 2.05) is 13.8 Å². The maximum absolute atomic E-state index is 9.63. The second kappa shape index (κ2) is 6.81. The number of nitriles is 1. The molecule has 0 aromatic carbocycles. The first-order chi connectivity index (χ1) is 6.85. The predicted octanol–water partition coefficient (Wildman–Crippen LogP) is 2.02. The molecule has 0 unspecified atom stereocenters. The Morgan fingerprint density at radius 2 is 1.93 bits per heavy atom. The first-order valence-electron chi connectivity index (χ1n) is 5.67. The van der Waals surface area contributed by atoms with Gasteiger partial charge in [0, 0.05) is 26.1 Å². The minimum Gasteiger partial charge on any atom is -0.390 e. The van der Waals surface area contributed by atoms with Crippen LogP contribution in [0.15, 0.2) is 0 Å². The summed E-state index contributed by atoms with van der Waals surface area (Å²) in [6, 6.07) is 2.16. The van der Waals surface area contributed by atoms with Gasteiger partial charge in [0.25, 0.3) is 0 Å². The Morgan fingerprint density at radius 3 is 2.33 bits per heavy atom. The molecule has 15 heavy (non-hydrogen) atoms. The second-order valence-electron chi connectivity index (χ2n) is 5.17. The fourth-order valence-corrected chi connectivity index (χ4v) is 1.45. The van der Waals surface area contributed by atoms with Crippen LogP contribution in [0.5, 0.6) is 0 Å². The smallest absolute Gasteiger partial charge is 0.0635 e. The van der Waals surface area contributed by atoms with Gasteiger partial charge in [-0.3, -0.25) is 0 Å². The van der Waals surface area contributed by atoms with Crippen molar-refractivity contribution in [1.82, 2.24) is 4.90 Å². The Balaban J connectivity index is 3.96. The molecule has 0 atom stereocenters. The molecule has 0 fully saturated rings. The third-order valence-electron chi connectivity index (χ3n) is 2.20. The first kappa shape index (κ1) is 14.4. The zero-order chi connectivity index (χ0) is 11.9. The minimum absolute atomic E-state index is 0.568. The van der Waals surface area contributed by atoms with Crippen LogP contribution in [0.2, 0.25) is 0 Å². The van der Waals surface area contributed by atoms with E-state index in [2.05, 4.69) is 24.8 Å². The summed E-state index contributed by atoms with van der Waals surface area (Å²) in [4.78, 5) is 2.26. The van der Waals surface area contributed by atoms with Crippen molar-refractivity contribution in [2.75, 3.05) is 19.6 Å². The number of rotatable bonds is 7. The van der Waals surface area contributed by atoms with E-state index in [4.69, 9.17) is 5.26 Å². The highest BCUT2D eigenvalue weighted by Crippen LogP contribution is 2.10. The minimum atomic E-state index is -0.609. The van der Waals surface area contributed by atoms with E-state index < -0.39 is 5.60 Å². The van der Waals surface area contributed by atoms with Gasteiger partial charge in [0.05, 0.1) is 11.7 Å². The van der Waals surface area contributed by atoms with Gasteiger partial charge in [-0.05, 0) is 26.2 Å².